The van der Waals surface area contributed by atoms with Gasteiger partial charge < -0.3 is 10.4 Å². The third-order valence-electron chi connectivity index (χ3n) is 2.74. The quantitative estimate of drug-likeness (QED) is 0.814. The fourth-order valence-electron chi connectivity index (χ4n) is 1.87. The summed E-state index contributed by atoms with van der Waals surface area (Å²) >= 11 is 2.30. The highest BCUT2D eigenvalue weighted by Crippen LogP contribution is 2.15. The lowest BCUT2D eigenvalue weighted by molar-refractivity contribution is 0.475. The molecule has 18 heavy (non-hydrogen) atoms. The maximum Gasteiger partial charge on any atom is 0.115 e. The Hall–Kier alpha value is -1.23. The molecule has 0 fully saturated rings. The zero-order chi connectivity index (χ0) is 13.0. The van der Waals surface area contributed by atoms with E-state index in [-0.39, 0.29) is 0 Å². The molecule has 2 rings (SSSR count). The van der Waals surface area contributed by atoms with Gasteiger partial charge in [-0.25, -0.2) is 0 Å². The van der Waals surface area contributed by atoms with E-state index in [0.29, 0.717) is 11.8 Å². The molecule has 2 aromatic rings. The van der Waals surface area contributed by atoms with Gasteiger partial charge in [-0.15, -0.1) is 0 Å². The van der Waals surface area contributed by atoms with Crippen LogP contribution in [0.1, 0.15) is 12.5 Å². The number of phenolic OH excluding ortho intramolecular Hbond substituents is 1. The summed E-state index contributed by atoms with van der Waals surface area (Å²) in [5.41, 5.74) is 2.36. The summed E-state index contributed by atoms with van der Waals surface area (Å²) in [6.07, 6.45) is 0.937. The highest BCUT2D eigenvalue weighted by Gasteiger charge is 2.03. The normalized spacial score (nSPS) is 12.1. The third-order valence-corrected chi connectivity index (χ3v) is 3.45. The molecular formula is C15H16INO. The van der Waals surface area contributed by atoms with Gasteiger partial charge in [-0.05, 0) is 77.9 Å². The summed E-state index contributed by atoms with van der Waals surface area (Å²) < 4.78 is 1.24. The molecule has 2 aromatic carbocycles. The standard InChI is InChI=1S/C15H16INO/c1-11(10-12-2-8-15(18)9-3-12)17-14-6-4-13(16)5-7-14/h2-9,11,17-18H,10H2,1H3. The zero-order valence-corrected chi connectivity index (χ0v) is 12.4. The van der Waals surface area contributed by atoms with Gasteiger partial charge in [-0.3, -0.25) is 0 Å². The minimum atomic E-state index is 0.317. The monoisotopic (exact) mass is 353 g/mol. The van der Waals surface area contributed by atoms with Crippen molar-refractivity contribution in [3.8, 4) is 5.75 Å². The smallest absolute Gasteiger partial charge is 0.115 e. The van der Waals surface area contributed by atoms with Gasteiger partial charge in [0.15, 0.2) is 0 Å². The van der Waals surface area contributed by atoms with Gasteiger partial charge >= 0.3 is 0 Å². The molecule has 0 aromatic heterocycles. The molecule has 0 aliphatic heterocycles. The van der Waals surface area contributed by atoms with Gasteiger partial charge in [0.25, 0.3) is 0 Å². The number of benzene rings is 2. The van der Waals surface area contributed by atoms with E-state index in [1.807, 2.05) is 12.1 Å². The van der Waals surface area contributed by atoms with E-state index in [9.17, 15) is 5.11 Å². The predicted octanol–water partition coefficient (Wildman–Crippen LogP) is 4.04. The number of hydrogen-bond acceptors (Lipinski definition) is 2. The second kappa shape index (κ2) is 6.09. The maximum atomic E-state index is 9.24. The van der Waals surface area contributed by atoms with Crippen LogP contribution in [0.3, 0.4) is 0 Å². The molecule has 0 radical (unpaired) electrons. The van der Waals surface area contributed by atoms with Crippen LogP contribution < -0.4 is 5.32 Å². The highest BCUT2D eigenvalue weighted by molar-refractivity contribution is 14.1. The molecule has 2 nitrogen and oxygen atoms in total. The molecule has 0 saturated carbocycles. The molecule has 94 valence electrons. The summed E-state index contributed by atoms with van der Waals surface area (Å²) in [6.45, 7) is 2.16. The Kier molecular flexibility index (Phi) is 4.47. The molecule has 3 heteroatoms. The van der Waals surface area contributed by atoms with Crippen LogP contribution in [0.4, 0.5) is 5.69 Å². The van der Waals surface area contributed by atoms with E-state index < -0.39 is 0 Å². The van der Waals surface area contributed by atoms with Crippen LogP contribution in [0.25, 0.3) is 0 Å². The molecule has 1 atom stereocenters. The predicted molar refractivity (Wildman–Crippen MR) is 84.1 cm³/mol. The summed E-state index contributed by atoms with van der Waals surface area (Å²) in [4.78, 5) is 0. The first kappa shape index (κ1) is 13.2. The van der Waals surface area contributed by atoms with Gasteiger partial charge in [0.05, 0.1) is 0 Å². The molecule has 0 aliphatic rings. The van der Waals surface area contributed by atoms with Gasteiger partial charge in [-0.2, -0.15) is 0 Å². The summed E-state index contributed by atoms with van der Waals surface area (Å²) in [7, 11) is 0. The van der Waals surface area contributed by atoms with Gasteiger partial charge in [0.2, 0.25) is 0 Å². The Morgan fingerprint density at radius 3 is 2.28 bits per heavy atom. The fourth-order valence-corrected chi connectivity index (χ4v) is 2.23. The van der Waals surface area contributed by atoms with E-state index in [1.165, 1.54) is 9.13 Å². The lowest BCUT2D eigenvalue weighted by Gasteiger charge is -2.15. The molecule has 0 amide bonds. The number of aromatic hydroxyl groups is 1. The lowest BCUT2D eigenvalue weighted by atomic mass is 10.1. The first-order valence-corrected chi connectivity index (χ1v) is 7.01. The molecule has 0 saturated heterocycles. The van der Waals surface area contributed by atoms with Crippen molar-refractivity contribution >= 4 is 28.3 Å². The van der Waals surface area contributed by atoms with Gasteiger partial charge in [0, 0.05) is 15.3 Å². The van der Waals surface area contributed by atoms with Crippen LogP contribution in [0.2, 0.25) is 0 Å². The zero-order valence-electron chi connectivity index (χ0n) is 10.2. The van der Waals surface area contributed by atoms with Gasteiger partial charge in [0.1, 0.15) is 5.75 Å². The Labute approximate surface area is 121 Å². The van der Waals surface area contributed by atoms with Crippen molar-refractivity contribution in [2.45, 2.75) is 19.4 Å². The van der Waals surface area contributed by atoms with Crippen molar-refractivity contribution in [3.63, 3.8) is 0 Å². The minimum Gasteiger partial charge on any atom is -0.508 e. The topological polar surface area (TPSA) is 32.3 Å². The highest BCUT2D eigenvalue weighted by atomic mass is 127. The first-order chi connectivity index (χ1) is 8.63. The van der Waals surface area contributed by atoms with E-state index in [2.05, 4.69) is 59.1 Å². The van der Waals surface area contributed by atoms with Crippen molar-refractivity contribution in [2.24, 2.45) is 0 Å². The molecular weight excluding hydrogens is 337 g/mol. The Balaban J connectivity index is 1.94. The molecule has 0 aliphatic carbocycles. The average Bonchev–Trinajstić information content (AvgIpc) is 2.35. The number of hydrogen-bond donors (Lipinski definition) is 2. The minimum absolute atomic E-state index is 0.317. The molecule has 1 unspecified atom stereocenters. The third kappa shape index (κ3) is 3.91. The number of phenols is 1. The number of rotatable bonds is 4. The Bertz CT molecular complexity index is 445. The van der Waals surface area contributed by atoms with E-state index in [4.69, 9.17) is 0 Å². The largest absolute Gasteiger partial charge is 0.508 e. The summed E-state index contributed by atoms with van der Waals surface area (Å²) in [5.74, 6) is 0.317. The maximum absolute atomic E-state index is 9.24. The average molecular weight is 353 g/mol. The number of halogens is 1. The molecule has 0 bridgehead atoms. The van der Waals surface area contributed by atoms with E-state index in [0.717, 1.165) is 12.1 Å². The SMILES string of the molecule is CC(Cc1ccc(O)cc1)Nc1ccc(I)cc1. The number of anilines is 1. The van der Waals surface area contributed by atoms with Gasteiger partial charge in [-0.1, -0.05) is 12.1 Å². The lowest BCUT2D eigenvalue weighted by Crippen LogP contribution is -2.17. The van der Waals surface area contributed by atoms with Crippen LogP contribution in [-0.2, 0) is 6.42 Å². The van der Waals surface area contributed by atoms with Crippen molar-refractivity contribution in [3.05, 3.63) is 57.7 Å². The first-order valence-electron chi connectivity index (χ1n) is 5.93. The van der Waals surface area contributed by atoms with Crippen LogP contribution in [0.15, 0.2) is 48.5 Å². The van der Waals surface area contributed by atoms with Crippen LogP contribution in [-0.4, -0.2) is 11.1 Å². The molecule has 0 heterocycles. The van der Waals surface area contributed by atoms with E-state index in [1.54, 1.807) is 12.1 Å². The Morgan fingerprint density at radius 1 is 1.06 bits per heavy atom. The molecule has 2 N–H and O–H groups in total. The second-order valence-corrected chi connectivity index (χ2v) is 5.67. The fraction of sp³-hybridized carbons (Fsp3) is 0.200. The van der Waals surface area contributed by atoms with Crippen molar-refractivity contribution in [2.75, 3.05) is 5.32 Å². The Morgan fingerprint density at radius 2 is 1.67 bits per heavy atom. The van der Waals surface area contributed by atoms with Crippen LogP contribution in [0.5, 0.6) is 5.75 Å². The van der Waals surface area contributed by atoms with Crippen molar-refractivity contribution in [1.29, 1.82) is 0 Å². The summed E-state index contributed by atoms with van der Waals surface area (Å²) in [6, 6.07) is 16.1. The van der Waals surface area contributed by atoms with E-state index >= 15 is 0 Å². The summed E-state index contributed by atoms with van der Waals surface area (Å²) in [5, 5.41) is 12.7. The number of nitrogens with one attached hydrogen (secondary N) is 1. The van der Waals surface area contributed by atoms with Crippen LogP contribution in [0, 0.1) is 3.57 Å². The van der Waals surface area contributed by atoms with Crippen molar-refractivity contribution in [1.82, 2.24) is 0 Å². The molecule has 0 spiro atoms. The van der Waals surface area contributed by atoms with Crippen LogP contribution >= 0.6 is 22.6 Å². The van der Waals surface area contributed by atoms with Crippen molar-refractivity contribution < 1.29 is 5.11 Å². The second-order valence-electron chi connectivity index (χ2n) is 4.42.